The molecule has 1 N–H and O–H groups in total. The lowest BCUT2D eigenvalue weighted by atomic mass is 9.97. The molecule has 3 aromatic rings. The van der Waals surface area contributed by atoms with Crippen molar-refractivity contribution in [2.75, 3.05) is 20.2 Å². The van der Waals surface area contributed by atoms with Crippen LogP contribution in [0.25, 0.3) is 11.5 Å². The predicted molar refractivity (Wildman–Crippen MR) is 102 cm³/mol. The number of nitrogens with zero attached hydrogens (tertiary/aromatic N) is 4. The maximum Gasteiger partial charge on any atom is 0.226 e. The first-order valence-electron chi connectivity index (χ1n) is 9.34. The number of H-pyrrole nitrogens is 1. The van der Waals surface area contributed by atoms with Crippen molar-refractivity contribution in [2.45, 2.75) is 39.2 Å². The summed E-state index contributed by atoms with van der Waals surface area (Å²) in [5.41, 5.74) is 1.91. The smallest absolute Gasteiger partial charge is 0.226 e. The van der Waals surface area contributed by atoms with Gasteiger partial charge >= 0.3 is 0 Å². The zero-order valence-corrected chi connectivity index (χ0v) is 16.0. The van der Waals surface area contributed by atoms with Crippen molar-refractivity contribution in [3.63, 3.8) is 0 Å². The van der Waals surface area contributed by atoms with Crippen LogP contribution in [-0.2, 0) is 6.54 Å². The molecule has 142 valence electrons. The zero-order valence-electron chi connectivity index (χ0n) is 16.0. The summed E-state index contributed by atoms with van der Waals surface area (Å²) in [5, 5.41) is 7.30. The lowest BCUT2D eigenvalue weighted by Gasteiger charge is -2.30. The summed E-state index contributed by atoms with van der Waals surface area (Å²) < 4.78 is 11.2. The number of piperidine rings is 1. The molecule has 7 nitrogen and oxygen atoms in total. The van der Waals surface area contributed by atoms with Gasteiger partial charge in [0.1, 0.15) is 17.3 Å². The fraction of sp³-hybridized carbons (Fsp3) is 0.450. The third-order valence-electron chi connectivity index (χ3n) is 5.07. The normalized spacial score (nSPS) is 18.0. The van der Waals surface area contributed by atoms with Crippen LogP contribution in [0.15, 0.2) is 28.7 Å². The molecule has 1 atom stereocenters. The van der Waals surface area contributed by atoms with Crippen molar-refractivity contribution in [3.8, 4) is 17.2 Å². The standard InChI is InChI=1S/C20H25N5O2/c1-13-18(22-20(27-13)15-6-4-8-17(10-15)26-3)12-25-9-5-7-16(11-25)19-21-14(2)23-24-19/h4,6,8,10,16H,5,7,9,11-12H2,1-3H3,(H,21,23,24). The molecule has 1 aliphatic heterocycles. The number of aromatic amines is 1. The van der Waals surface area contributed by atoms with E-state index in [1.165, 1.54) is 0 Å². The van der Waals surface area contributed by atoms with E-state index >= 15 is 0 Å². The monoisotopic (exact) mass is 367 g/mol. The van der Waals surface area contributed by atoms with Crippen molar-refractivity contribution in [1.82, 2.24) is 25.1 Å². The molecule has 4 rings (SSSR count). The van der Waals surface area contributed by atoms with Crippen molar-refractivity contribution in [3.05, 3.63) is 47.4 Å². The molecule has 0 amide bonds. The van der Waals surface area contributed by atoms with Gasteiger partial charge in [0.2, 0.25) is 5.89 Å². The average molecular weight is 367 g/mol. The summed E-state index contributed by atoms with van der Waals surface area (Å²) in [7, 11) is 1.66. The van der Waals surface area contributed by atoms with Crippen LogP contribution in [-0.4, -0.2) is 45.3 Å². The van der Waals surface area contributed by atoms with E-state index in [1.807, 2.05) is 38.1 Å². The number of benzene rings is 1. The maximum absolute atomic E-state index is 5.93. The van der Waals surface area contributed by atoms with E-state index in [4.69, 9.17) is 14.1 Å². The maximum atomic E-state index is 5.93. The second-order valence-corrected chi connectivity index (χ2v) is 7.11. The fourth-order valence-electron chi connectivity index (χ4n) is 3.62. The first-order chi connectivity index (χ1) is 13.1. The molecular formula is C20H25N5O2. The second kappa shape index (κ2) is 7.52. The summed E-state index contributed by atoms with van der Waals surface area (Å²) >= 11 is 0. The van der Waals surface area contributed by atoms with Gasteiger partial charge in [-0.15, -0.1) is 0 Å². The van der Waals surface area contributed by atoms with Gasteiger partial charge in [-0.2, -0.15) is 5.10 Å². The Hall–Kier alpha value is -2.67. The quantitative estimate of drug-likeness (QED) is 0.744. The molecule has 7 heteroatoms. The van der Waals surface area contributed by atoms with Crippen molar-refractivity contribution >= 4 is 0 Å². The Morgan fingerprint density at radius 2 is 2.19 bits per heavy atom. The van der Waals surface area contributed by atoms with E-state index in [9.17, 15) is 0 Å². The van der Waals surface area contributed by atoms with E-state index < -0.39 is 0 Å². The number of nitrogens with one attached hydrogen (secondary N) is 1. The topological polar surface area (TPSA) is 80.1 Å². The molecule has 0 radical (unpaired) electrons. The Labute approximate surface area is 158 Å². The minimum absolute atomic E-state index is 0.369. The molecule has 1 saturated heterocycles. The van der Waals surface area contributed by atoms with E-state index in [1.54, 1.807) is 7.11 Å². The minimum atomic E-state index is 0.369. The summed E-state index contributed by atoms with van der Waals surface area (Å²) in [4.78, 5) is 11.7. The Bertz CT molecular complexity index is 917. The number of likely N-dealkylation sites (tertiary alicyclic amines) is 1. The number of aryl methyl sites for hydroxylation is 2. The summed E-state index contributed by atoms with van der Waals surface area (Å²) in [6, 6.07) is 7.79. The van der Waals surface area contributed by atoms with Crippen molar-refractivity contribution < 1.29 is 9.15 Å². The van der Waals surface area contributed by atoms with Gasteiger partial charge < -0.3 is 9.15 Å². The van der Waals surface area contributed by atoms with Crippen LogP contribution < -0.4 is 4.74 Å². The number of rotatable bonds is 5. The van der Waals surface area contributed by atoms with Crippen LogP contribution in [0.1, 0.15) is 41.9 Å². The minimum Gasteiger partial charge on any atom is -0.497 e. The van der Waals surface area contributed by atoms with Gasteiger partial charge in [-0.1, -0.05) is 6.07 Å². The molecule has 0 saturated carbocycles. The number of ether oxygens (including phenoxy) is 1. The van der Waals surface area contributed by atoms with Gasteiger partial charge in [0.25, 0.3) is 0 Å². The van der Waals surface area contributed by atoms with E-state index in [2.05, 4.69) is 20.1 Å². The third-order valence-corrected chi connectivity index (χ3v) is 5.07. The van der Waals surface area contributed by atoms with Gasteiger partial charge in [0.15, 0.2) is 5.82 Å². The highest BCUT2D eigenvalue weighted by Crippen LogP contribution is 2.28. The van der Waals surface area contributed by atoms with Crippen molar-refractivity contribution in [2.24, 2.45) is 0 Å². The predicted octanol–water partition coefficient (Wildman–Crippen LogP) is 3.46. The molecule has 27 heavy (non-hydrogen) atoms. The van der Waals surface area contributed by atoms with Crippen LogP contribution in [0.2, 0.25) is 0 Å². The van der Waals surface area contributed by atoms with Gasteiger partial charge in [-0.25, -0.2) is 9.97 Å². The molecule has 1 fully saturated rings. The molecule has 1 aliphatic rings. The van der Waals surface area contributed by atoms with E-state index in [-0.39, 0.29) is 0 Å². The highest BCUT2D eigenvalue weighted by Gasteiger charge is 2.25. The van der Waals surface area contributed by atoms with Gasteiger partial charge in [0, 0.05) is 24.6 Å². The number of aromatic nitrogens is 4. The van der Waals surface area contributed by atoms with Crippen LogP contribution >= 0.6 is 0 Å². The molecular weight excluding hydrogens is 342 g/mol. The number of methoxy groups -OCH3 is 1. The molecule has 1 unspecified atom stereocenters. The number of hydrogen-bond donors (Lipinski definition) is 1. The molecule has 1 aromatic carbocycles. The molecule has 0 aliphatic carbocycles. The van der Waals surface area contributed by atoms with Crippen LogP contribution in [0.5, 0.6) is 5.75 Å². The Kier molecular flexibility index (Phi) is 4.94. The summed E-state index contributed by atoms with van der Waals surface area (Å²) in [5.74, 6) is 4.46. The average Bonchev–Trinajstić information content (AvgIpc) is 3.28. The van der Waals surface area contributed by atoms with Crippen LogP contribution in [0, 0.1) is 13.8 Å². The van der Waals surface area contributed by atoms with Gasteiger partial charge in [-0.3, -0.25) is 10.00 Å². The van der Waals surface area contributed by atoms with E-state index in [0.717, 1.165) is 66.9 Å². The van der Waals surface area contributed by atoms with Crippen molar-refractivity contribution in [1.29, 1.82) is 0 Å². The first-order valence-corrected chi connectivity index (χ1v) is 9.34. The second-order valence-electron chi connectivity index (χ2n) is 7.11. The molecule has 0 bridgehead atoms. The lowest BCUT2D eigenvalue weighted by molar-refractivity contribution is 0.194. The summed E-state index contributed by atoms with van der Waals surface area (Å²) in [6.07, 6.45) is 2.26. The van der Waals surface area contributed by atoms with Crippen LogP contribution in [0.3, 0.4) is 0 Å². The van der Waals surface area contributed by atoms with Crippen LogP contribution in [0.4, 0.5) is 0 Å². The zero-order chi connectivity index (χ0) is 18.8. The largest absolute Gasteiger partial charge is 0.497 e. The highest BCUT2D eigenvalue weighted by atomic mass is 16.5. The van der Waals surface area contributed by atoms with E-state index in [0.29, 0.717) is 11.8 Å². The Balaban J connectivity index is 1.48. The third kappa shape index (κ3) is 3.88. The number of hydrogen-bond acceptors (Lipinski definition) is 6. The summed E-state index contributed by atoms with van der Waals surface area (Å²) in [6.45, 7) is 6.69. The van der Waals surface area contributed by atoms with Gasteiger partial charge in [-0.05, 0) is 51.4 Å². The molecule has 0 spiro atoms. The Morgan fingerprint density at radius 3 is 2.96 bits per heavy atom. The Morgan fingerprint density at radius 1 is 1.30 bits per heavy atom. The molecule has 3 heterocycles. The SMILES string of the molecule is COc1cccc(-c2nc(CN3CCCC(c4n[nH]c(C)n4)C3)c(C)o2)c1. The fourth-order valence-corrected chi connectivity index (χ4v) is 3.62. The lowest BCUT2D eigenvalue weighted by Crippen LogP contribution is -2.34. The number of oxazole rings is 1. The van der Waals surface area contributed by atoms with Gasteiger partial charge in [0.05, 0.1) is 12.8 Å². The molecule has 2 aromatic heterocycles. The highest BCUT2D eigenvalue weighted by molar-refractivity contribution is 5.56. The first kappa shape index (κ1) is 17.7.